The van der Waals surface area contributed by atoms with Crippen molar-refractivity contribution in [1.82, 2.24) is 4.57 Å². The predicted molar refractivity (Wildman–Crippen MR) is 63.6 cm³/mol. The van der Waals surface area contributed by atoms with Gasteiger partial charge in [0.2, 0.25) is 0 Å². The number of aliphatic carboxylic acids is 1. The van der Waals surface area contributed by atoms with Crippen molar-refractivity contribution < 1.29 is 14.3 Å². The molecule has 1 unspecified atom stereocenters. The van der Waals surface area contributed by atoms with E-state index in [4.69, 9.17) is 5.11 Å². The van der Waals surface area contributed by atoms with Crippen LogP contribution in [0.2, 0.25) is 0 Å². The van der Waals surface area contributed by atoms with Gasteiger partial charge in [-0.2, -0.15) is 0 Å². The molecule has 0 saturated heterocycles. The summed E-state index contributed by atoms with van der Waals surface area (Å²) >= 11 is 0. The summed E-state index contributed by atoms with van der Waals surface area (Å²) in [6, 6.07) is 4.48. The molecule has 0 aliphatic heterocycles. The highest BCUT2D eigenvalue weighted by Gasteiger charge is 2.19. The lowest BCUT2D eigenvalue weighted by molar-refractivity contribution is -0.138. The van der Waals surface area contributed by atoms with Crippen LogP contribution in [0.1, 0.15) is 25.3 Å². The van der Waals surface area contributed by atoms with Crippen molar-refractivity contribution in [2.24, 2.45) is 0 Å². The highest BCUT2D eigenvalue weighted by atomic mass is 19.1. The maximum atomic E-state index is 13.2. The van der Waals surface area contributed by atoms with Crippen molar-refractivity contribution in [3.05, 3.63) is 35.8 Å². The average Bonchev–Trinajstić information content (AvgIpc) is 2.65. The fraction of sp³-hybridized carbons (Fsp3) is 0.308. The first-order chi connectivity index (χ1) is 8.04. The van der Waals surface area contributed by atoms with Crippen LogP contribution < -0.4 is 0 Å². The standard InChI is InChI=1S/C13H14FNO2/c1-3-15-7-11(8(2)13(16)17)10-6-9(14)4-5-12(10)15/h4-8H,3H2,1-2H3,(H,16,17). The second-order valence-corrected chi connectivity index (χ2v) is 4.09. The molecule has 0 bridgehead atoms. The Morgan fingerprint density at radius 1 is 1.53 bits per heavy atom. The van der Waals surface area contributed by atoms with E-state index in [1.54, 1.807) is 19.2 Å². The van der Waals surface area contributed by atoms with Crippen molar-refractivity contribution in [3.63, 3.8) is 0 Å². The molecule has 4 heteroatoms. The molecule has 0 amide bonds. The van der Waals surface area contributed by atoms with Gasteiger partial charge in [0.15, 0.2) is 0 Å². The molecule has 0 spiro atoms. The van der Waals surface area contributed by atoms with Crippen LogP contribution in [0.4, 0.5) is 4.39 Å². The number of carboxylic acid groups (broad SMARTS) is 1. The van der Waals surface area contributed by atoms with Crippen LogP contribution in [0.15, 0.2) is 24.4 Å². The lowest BCUT2D eigenvalue weighted by Crippen LogP contribution is -2.06. The molecule has 1 aromatic carbocycles. The third-order valence-electron chi connectivity index (χ3n) is 3.05. The normalized spacial score (nSPS) is 12.9. The van der Waals surface area contributed by atoms with E-state index >= 15 is 0 Å². The zero-order chi connectivity index (χ0) is 12.6. The Balaban J connectivity index is 2.70. The highest BCUT2D eigenvalue weighted by Crippen LogP contribution is 2.28. The molecule has 0 saturated carbocycles. The van der Waals surface area contributed by atoms with Gasteiger partial charge in [0.1, 0.15) is 5.82 Å². The summed E-state index contributed by atoms with van der Waals surface area (Å²) in [5, 5.41) is 9.73. The molecule has 17 heavy (non-hydrogen) atoms. The van der Waals surface area contributed by atoms with Crippen molar-refractivity contribution in [1.29, 1.82) is 0 Å². The largest absolute Gasteiger partial charge is 0.481 e. The number of aryl methyl sites for hydroxylation is 1. The monoisotopic (exact) mass is 235 g/mol. The molecule has 2 rings (SSSR count). The van der Waals surface area contributed by atoms with Gasteiger partial charge in [-0.3, -0.25) is 4.79 Å². The number of hydrogen-bond acceptors (Lipinski definition) is 1. The molecular weight excluding hydrogens is 221 g/mol. The summed E-state index contributed by atoms with van der Waals surface area (Å²) in [6.07, 6.45) is 1.79. The summed E-state index contributed by atoms with van der Waals surface area (Å²) in [7, 11) is 0. The number of halogens is 1. The highest BCUT2D eigenvalue weighted by molar-refractivity contribution is 5.89. The summed E-state index contributed by atoms with van der Waals surface area (Å²) in [5.74, 6) is -1.87. The molecule has 3 nitrogen and oxygen atoms in total. The smallest absolute Gasteiger partial charge is 0.310 e. The molecule has 2 aromatic rings. The zero-order valence-electron chi connectivity index (χ0n) is 9.77. The summed E-state index contributed by atoms with van der Waals surface area (Å²) in [5.41, 5.74) is 1.53. The minimum Gasteiger partial charge on any atom is -0.481 e. The number of fused-ring (bicyclic) bond motifs is 1. The topological polar surface area (TPSA) is 42.2 Å². The molecule has 1 aromatic heterocycles. The average molecular weight is 235 g/mol. The summed E-state index contributed by atoms with van der Waals surface area (Å²) < 4.78 is 15.2. The maximum Gasteiger partial charge on any atom is 0.310 e. The number of benzene rings is 1. The fourth-order valence-corrected chi connectivity index (χ4v) is 2.04. The quantitative estimate of drug-likeness (QED) is 0.888. The van der Waals surface area contributed by atoms with Gasteiger partial charge in [0.05, 0.1) is 5.92 Å². The second-order valence-electron chi connectivity index (χ2n) is 4.09. The van der Waals surface area contributed by atoms with E-state index in [2.05, 4.69) is 0 Å². The third kappa shape index (κ3) is 1.90. The summed E-state index contributed by atoms with van der Waals surface area (Å²) in [6.45, 7) is 4.31. The van der Waals surface area contributed by atoms with E-state index in [9.17, 15) is 9.18 Å². The van der Waals surface area contributed by atoms with Crippen molar-refractivity contribution in [2.75, 3.05) is 0 Å². The SMILES string of the molecule is CCn1cc(C(C)C(=O)O)c2cc(F)ccc21. The first-order valence-corrected chi connectivity index (χ1v) is 5.55. The van der Waals surface area contributed by atoms with Gasteiger partial charge < -0.3 is 9.67 Å². The minimum atomic E-state index is -0.899. The third-order valence-corrected chi connectivity index (χ3v) is 3.05. The Hall–Kier alpha value is -1.84. The molecule has 1 heterocycles. The van der Waals surface area contributed by atoms with E-state index in [1.165, 1.54) is 12.1 Å². The minimum absolute atomic E-state index is 0.342. The van der Waals surface area contributed by atoms with E-state index in [1.807, 2.05) is 11.5 Å². The Bertz CT molecular complexity index is 574. The van der Waals surface area contributed by atoms with Crippen molar-refractivity contribution in [2.45, 2.75) is 26.3 Å². The van der Waals surface area contributed by atoms with E-state index < -0.39 is 11.9 Å². The number of carboxylic acids is 1. The molecule has 1 N–H and O–H groups in total. The number of carbonyl (C=O) groups is 1. The molecule has 0 fully saturated rings. The van der Waals surface area contributed by atoms with Crippen molar-refractivity contribution in [3.8, 4) is 0 Å². The van der Waals surface area contributed by atoms with Gasteiger partial charge in [-0.05, 0) is 37.6 Å². The van der Waals surface area contributed by atoms with Crippen molar-refractivity contribution >= 4 is 16.9 Å². The Labute approximate surface area is 98.5 Å². The molecule has 0 aliphatic rings. The van der Waals surface area contributed by atoms with Crippen LogP contribution in [0.5, 0.6) is 0 Å². The molecule has 0 radical (unpaired) electrons. The van der Waals surface area contributed by atoms with Gasteiger partial charge in [0, 0.05) is 23.6 Å². The van der Waals surface area contributed by atoms with Crippen LogP contribution >= 0.6 is 0 Å². The van der Waals surface area contributed by atoms with Crippen LogP contribution in [0.25, 0.3) is 10.9 Å². The van der Waals surface area contributed by atoms with Crippen LogP contribution in [0, 0.1) is 5.82 Å². The van der Waals surface area contributed by atoms with Gasteiger partial charge in [-0.1, -0.05) is 0 Å². The number of nitrogens with zero attached hydrogens (tertiary/aromatic N) is 1. The Morgan fingerprint density at radius 3 is 2.82 bits per heavy atom. The Kier molecular flexibility index (Phi) is 2.88. The van der Waals surface area contributed by atoms with Crippen LogP contribution in [-0.4, -0.2) is 15.6 Å². The van der Waals surface area contributed by atoms with Crippen LogP contribution in [-0.2, 0) is 11.3 Å². The summed E-state index contributed by atoms with van der Waals surface area (Å²) in [4.78, 5) is 11.0. The lowest BCUT2D eigenvalue weighted by atomic mass is 10.0. The Morgan fingerprint density at radius 2 is 2.24 bits per heavy atom. The van der Waals surface area contributed by atoms with Gasteiger partial charge in [-0.15, -0.1) is 0 Å². The fourth-order valence-electron chi connectivity index (χ4n) is 2.04. The predicted octanol–water partition coefficient (Wildman–Crippen LogP) is 2.99. The van der Waals surface area contributed by atoms with E-state index in [-0.39, 0.29) is 5.82 Å². The van der Waals surface area contributed by atoms with Crippen LogP contribution in [0.3, 0.4) is 0 Å². The van der Waals surface area contributed by atoms with Gasteiger partial charge >= 0.3 is 5.97 Å². The van der Waals surface area contributed by atoms with E-state index in [0.29, 0.717) is 10.9 Å². The van der Waals surface area contributed by atoms with Gasteiger partial charge in [0.25, 0.3) is 0 Å². The van der Waals surface area contributed by atoms with E-state index in [0.717, 1.165) is 12.1 Å². The molecular formula is C13H14FNO2. The molecule has 1 atom stereocenters. The first kappa shape index (κ1) is 11.6. The first-order valence-electron chi connectivity index (χ1n) is 5.55. The van der Waals surface area contributed by atoms with Gasteiger partial charge in [-0.25, -0.2) is 4.39 Å². The molecule has 0 aliphatic carbocycles. The lowest BCUT2D eigenvalue weighted by Gasteiger charge is -2.03. The molecule has 90 valence electrons. The number of aromatic nitrogens is 1. The second kappa shape index (κ2) is 4.20. The number of hydrogen-bond donors (Lipinski definition) is 1. The zero-order valence-corrected chi connectivity index (χ0v) is 9.77. The maximum absolute atomic E-state index is 13.2. The number of rotatable bonds is 3.